The van der Waals surface area contributed by atoms with Gasteiger partial charge in [0.25, 0.3) is 0 Å². The number of fused-ring (bicyclic) bond motifs is 1. The minimum Gasteiger partial charge on any atom is -0.497 e. The summed E-state index contributed by atoms with van der Waals surface area (Å²) in [5, 5.41) is 1.13. The first kappa shape index (κ1) is 17.9. The summed E-state index contributed by atoms with van der Waals surface area (Å²) < 4.78 is 9.57. The van der Waals surface area contributed by atoms with Crippen molar-refractivity contribution in [2.45, 2.75) is 6.54 Å². The second kappa shape index (κ2) is 8.06. The van der Waals surface area contributed by atoms with Gasteiger partial charge in [-0.2, -0.15) is 4.57 Å². The van der Waals surface area contributed by atoms with Crippen molar-refractivity contribution in [2.75, 3.05) is 13.7 Å². The number of ether oxygens (including phenoxy) is 1. The van der Waals surface area contributed by atoms with Gasteiger partial charge in [0.05, 0.1) is 25.4 Å². The van der Waals surface area contributed by atoms with Crippen LogP contribution in [0.3, 0.4) is 0 Å². The molecule has 0 radical (unpaired) electrons. The molecule has 2 heterocycles. The van der Waals surface area contributed by atoms with E-state index in [0.717, 1.165) is 40.1 Å². The van der Waals surface area contributed by atoms with Crippen molar-refractivity contribution in [3.8, 4) is 11.4 Å². The highest BCUT2D eigenvalue weighted by Gasteiger charge is 2.13. The molecule has 0 bridgehead atoms. The van der Waals surface area contributed by atoms with Crippen molar-refractivity contribution in [2.24, 2.45) is 5.73 Å². The lowest BCUT2D eigenvalue weighted by atomic mass is 10.1. The quantitative estimate of drug-likeness (QED) is 0.528. The van der Waals surface area contributed by atoms with Crippen LogP contribution in [0.25, 0.3) is 28.7 Å². The molecule has 2 aromatic carbocycles. The second-order valence-corrected chi connectivity index (χ2v) is 6.52. The highest BCUT2D eigenvalue weighted by molar-refractivity contribution is 5.79. The van der Waals surface area contributed by atoms with E-state index in [0.29, 0.717) is 6.54 Å². The standard InChI is InChI=1S/C23H23N4O/c1-28-22-10-11-23-19(16-22)5-9-21(27(23)14-12-24)8-4-18-2-6-20(7-3-18)26-15-13-25-17-26/h2-11,13,15-17H,12,14,24H2,1H3/q+1. The molecule has 2 N–H and O–H groups in total. The molecule has 140 valence electrons. The van der Waals surface area contributed by atoms with Crippen molar-refractivity contribution in [1.29, 1.82) is 0 Å². The Morgan fingerprint density at radius 3 is 2.64 bits per heavy atom. The van der Waals surface area contributed by atoms with Gasteiger partial charge in [-0.15, -0.1) is 0 Å². The number of hydrogen-bond acceptors (Lipinski definition) is 3. The van der Waals surface area contributed by atoms with Gasteiger partial charge in [-0.3, -0.25) is 0 Å². The van der Waals surface area contributed by atoms with Crippen LogP contribution in [0, 0.1) is 0 Å². The molecular weight excluding hydrogens is 348 g/mol. The largest absolute Gasteiger partial charge is 0.497 e. The topological polar surface area (TPSA) is 57.0 Å². The van der Waals surface area contributed by atoms with Crippen molar-refractivity contribution in [3.05, 3.63) is 84.6 Å². The average Bonchev–Trinajstić information content (AvgIpc) is 3.28. The minimum atomic E-state index is 0.580. The van der Waals surface area contributed by atoms with Gasteiger partial charge in [0.1, 0.15) is 5.75 Å². The summed E-state index contributed by atoms with van der Waals surface area (Å²) in [5.41, 5.74) is 10.4. The van der Waals surface area contributed by atoms with Crippen LogP contribution in [-0.4, -0.2) is 23.2 Å². The first-order valence-corrected chi connectivity index (χ1v) is 9.25. The first-order chi connectivity index (χ1) is 13.8. The smallest absolute Gasteiger partial charge is 0.213 e. The van der Waals surface area contributed by atoms with E-state index in [-0.39, 0.29) is 0 Å². The Morgan fingerprint density at radius 1 is 1.07 bits per heavy atom. The fourth-order valence-electron chi connectivity index (χ4n) is 3.32. The predicted octanol–water partition coefficient (Wildman–Crippen LogP) is 3.45. The monoisotopic (exact) mass is 371 g/mol. The number of aromatic nitrogens is 3. The predicted molar refractivity (Wildman–Crippen MR) is 112 cm³/mol. The molecule has 0 fully saturated rings. The number of pyridine rings is 1. The zero-order valence-corrected chi connectivity index (χ0v) is 15.8. The Kier molecular flexibility index (Phi) is 5.17. The van der Waals surface area contributed by atoms with E-state index >= 15 is 0 Å². The number of nitrogens with zero attached hydrogens (tertiary/aromatic N) is 3. The van der Waals surface area contributed by atoms with Crippen LogP contribution in [0.5, 0.6) is 5.75 Å². The molecule has 5 heteroatoms. The van der Waals surface area contributed by atoms with Gasteiger partial charge in [-0.05, 0) is 42.0 Å². The SMILES string of the molecule is COc1ccc2c(ccc(/C=C/c3ccc(-n4ccnc4)cc3)[n+]2CCN)c1. The molecule has 2 aromatic heterocycles. The summed E-state index contributed by atoms with van der Waals surface area (Å²) in [5.74, 6) is 0.855. The van der Waals surface area contributed by atoms with Gasteiger partial charge in [-0.25, -0.2) is 4.98 Å². The highest BCUT2D eigenvalue weighted by Crippen LogP contribution is 2.19. The molecule has 0 atom stereocenters. The molecule has 5 nitrogen and oxygen atoms in total. The molecule has 0 aliphatic rings. The van der Waals surface area contributed by atoms with Crippen molar-refractivity contribution >= 4 is 23.1 Å². The molecule has 4 aromatic rings. The molecule has 0 spiro atoms. The summed E-state index contributed by atoms with van der Waals surface area (Å²) in [7, 11) is 1.68. The molecule has 0 aliphatic carbocycles. The normalized spacial score (nSPS) is 11.4. The van der Waals surface area contributed by atoms with Gasteiger partial charge in [-0.1, -0.05) is 12.1 Å². The summed E-state index contributed by atoms with van der Waals surface area (Å²) in [6, 6.07) is 18.7. The fourth-order valence-corrected chi connectivity index (χ4v) is 3.32. The third kappa shape index (κ3) is 3.66. The fraction of sp³-hybridized carbons (Fsp3) is 0.130. The maximum absolute atomic E-state index is 5.87. The Labute approximate surface area is 164 Å². The highest BCUT2D eigenvalue weighted by atomic mass is 16.5. The Bertz CT molecular complexity index is 1100. The summed E-state index contributed by atoms with van der Waals surface area (Å²) >= 11 is 0. The molecular formula is C23H23N4O+. The van der Waals surface area contributed by atoms with Crippen molar-refractivity contribution in [1.82, 2.24) is 9.55 Å². The molecule has 0 aliphatic heterocycles. The minimum absolute atomic E-state index is 0.580. The summed E-state index contributed by atoms with van der Waals surface area (Å²) in [6.45, 7) is 1.33. The van der Waals surface area contributed by atoms with Crippen LogP contribution in [0.15, 0.2) is 73.3 Å². The van der Waals surface area contributed by atoms with Crippen LogP contribution in [0.4, 0.5) is 0 Å². The molecule has 28 heavy (non-hydrogen) atoms. The number of benzene rings is 2. The van der Waals surface area contributed by atoms with E-state index in [9.17, 15) is 0 Å². The van der Waals surface area contributed by atoms with E-state index in [1.807, 2.05) is 22.9 Å². The number of methoxy groups -OCH3 is 1. The first-order valence-electron chi connectivity index (χ1n) is 9.25. The molecule has 0 saturated heterocycles. The third-order valence-corrected chi connectivity index (χ3v) is 4.77. The van der Waals surface area contributed by atoms with E-state index in [4.69, 9.17) is 10.5 Å². The second-order valence-electron chi connectivity index (χ2n) is 6.52. The van der Waals surface area contributed by atoms with Gasteiger partial charge in [0.15, 0.2) is 6.54 Å². The lowest BCUT2D eigenvalue weighted by Crippen LogP contribution is -2.41. The Morgan fingerprint density at radius 2 is 1.93 bits per heavy atom. The van der Waals surface area contributed by atoms with Crippen LogP contribution in [0.1, 0.15) is 11.3 Å². The molecule has 0 saturated carbocycles. The van der Waals surface area contributed by atoms with Crippen LogP contribution < -0.4 is 15.0 Å². The maximum Gasteiger partial charge on any atom is 0.213 e. The maximum atomic E-state index is 5.87. The molecule has 4 rings (SSSR count). The lowest BCUT2D eigenvalue weighted by Gasteiger charge is -2.06. The van der Waals surface area contributed by atoms with Crippen LogP contribution >= 0.6 is 0 Å². The van der Waals surface area contributed by atoms with Crippen LogP contribution in [0.2, 0.25) is 0 Å². The van der Waals surface area contributed by atoms with E-state index < -0.39 is 0 Å². The van der Waals surface area contributed by atoms with Gasteiger partial charge < -0.3 is 15.0 Å². The molecule has 0 unspecified atom stereocenters. The molecule has 0 amide bonds. The Balaban J connectivity index is 1.65. The van der Waals surface area contributed by atoms with Gasteiger partial charge in [0, 0.05) is 36.3 Å². The van der Waals surface area contributed by atoms with E-state index in [1.54, 1.807) is 19.6 Å². The van der Waals surface area contributed by atoms with Gasteiger partial charge >= 0.3 is 0 Å². The van der Waals surface area contributed by atoms with E-state index in [2.05, 4.69) is 64.2 Å². The third-order valence-electron chi connectivity index (χ3n) is 4.77. The zero-order valence-electron chi connectivity index (χ0n) is 15.8. The van der Waals surface area contributed by atoms with Crippen molar-refractivity contribution < 1.29 is 9.30 Å². The van der Waals surface area contributed by atoms with Gasteiger partial charge in [0.2, 0.25) is 11.2 Å². The summed E-state index contributed by atoms with van der Waals surface area (Å²) in [6.07, 6.45) is 9.76. The zero-order chi connectivity index (χ0) is 19.3. The lowest BCUT2D eigenvalue weighted by molar-refractivity contribution is -0.670. The number of rotatable bonds is 6. The van der Waals surface area contributed by atoms with E-state index in [1.165, 1.54) is 0 Å². The Hall–Kier alpha value is -3.44. The number of nitrogens with two attached hydrogens (primary N) is 1. The van der Waals surface area contributed by atoms with Crippen LogP contribution in [-0.2, 0) is 6.54 Å². The van der Waals surface area contributed by atoms with Crippen molar-refractivity contribution in [3.63, 3.8) is 0 Å². The average molecular weight is 371 g/mol. The summed E-state index contributed by atoms with van der Waals surface area (Å²) in [4.78, 5) is 4.09. The number of imidazole rings is 1. The number of hydrogen-bond donors (Lipinski definition) is 1.